The Labute approximate surface area is 122 Å². The average molecular weight is 281 g/mol. The molecule has 0 aliphatic heterocycles. The molecule has 1 aromatic carbocycles. The third-order valence-electron chi connectivity index (χ3n) is 3.18. The molecule has 5 nitrogen and oxygen atoms in total. The number of amides is 1. The Bertz CT molecular complexity index is 744. The number of nitrogens with one attached hydrogen (secondary N) is 1. The largest absolute Gasteiger partial charge is 0.444 e. The van der Waals surface area contributed by atoms with Crippen LogP contribution in [0.15, 0.2) is 59.3 Å². The molecule has 0 saturated carbocycles. The van der Waals surface area contributed by atoms with Gasteiger partial charge < -0.3 is 14.3 Å². The van der Waals surface area contributed by atoms with Gasteiger partial charge in [-0.1, -0.05) is 18.2 Å². The van der Waals surface area contributed by atoms with E-state index < -0.39 is 0 Å². The number of aryl methyl sites for hydroxylation is 1. The molecule has 1 N–H and O–H groups in total. The molecular weight excluding hydrogens is 266 g/mol. The maximum atomic E-state index is 12.0. The molecule has 0 aliphatic rings. The number of rotatable bonds is 4. The van der Waals surface area contributed by atoms with Crippen LogP contribution in [0, 0.1) is 0 Å². The molecule has 2 aromatic heterocycles. The van der Waals surface area contributed by atoms with Crippen molar-refractivity contribution in [2.45, 2.75) is 6.54 Å². The van der Waals surface area contributed by atoms with Crippen molar-refractivity contribution < 1.29 is 9.21 Å². The summed E-state index contributed by atoms with van der Waals surface area (Å²) in [5.74, 6) is 0.422. The first-order valence-electron chi connectivity index (χ1n) is 6.63. The zero-order valence-corrected chi connectivity index (χ0v) is 11.6. The molecule has 0 bridgehead atoms. The number of carbonyl (C=O) groups excluding carboxylic acids is 1. The zero-order chi connectivity index (χ0) is 14.7. The fraction of sp³-hybridized carbons (Fsp3) is 0.125. The lowest BCUT2D eigenvalue weighted by Gasteiger charge is -2.03. The summed E-state index contributed by atoms with van der Waals surface area (Å²) in [4.78, 5) is 16.4. The first-order valence-corrected chi connectivity index (χ1v) is 6.63. The van der Waals surface area contributed by atoms with Crippen molar-refractivity contribution in [1.82, 2.24) is 14.9 Å². The molecule has 3 rings (SSSR count). The Morgan fingerprint density at radius 1 is 1.24 bits per heavy atom. The van der Waals surface area contributed by atoms with E-state index in [9.17, 15) is 4.79 Å². The van der Waals surface area contributed by atoms with E-state index in [-0.39, 0.29) is 5.91 Å². The van der Waals surface area contributed by atoms with Crippen molar-refractivity contribution in [3.05, 3.63) is 66.3 Å². The number of benzene rings is 1. The van der Waals surface area contributed by atoms with Crippen molar-refractivity contribution in [1.29, 1.82) is 0 Å². The van der Waals surface area contributed by atoms with Crippen LogP contribution in [0.1, 0.15) is 16.2 Å². The number of nitrogens with zero attached hydrogens (tertiary/aromatic N) is 2. The van der Waals surface area contributed by atoms with E-state index in [0.29, 0.717) is 23.8 Å². The van der Waals surface area contributed by atoms with Gasteiger partial charge in [-0.3, -0.25) is 4.79 Å². The molecule has 0 atom stereocenters. The number of hydrogen-bond donors (Lipinski definition) is 1. The van der Waals surface area contributed by atoms with Crippen molar-refractivity contribution in [3.8, 4) is 11.5 Å². The Morgan fingerprint density at radius 3 is 2.76 bits per heavy atom. The topological polar surface area (TPSA) is 60.1 Å². The van der Waals surface area contributed by atoms with E-state index in [1.165, 1.54) is 0 Å². The average Bonchev–Trinajstić information content (AvgIpc) is 3.15. The van der Waals surface area contributed by atoms with E-state index in [0.717, 1.165) is 5.56 Å². The molecule has 3 aromatic rings. The molecule has 0 radical (unpaired) electrons. The Hall–Kier alpha value is -2.82. The van der Waals surface area contributed by atoms with Gasteiger partial charge in [0, 0.05) is 18.8 Å². The normalized spacial score (nSPS) is 10.5. The van der Waals surface area contributed by atoms with Gasteiger partial charge in [-0.25, -0.2) is 4.98 Å². The SMILES string of the molecule is Cn1cccc1C(=O)NCc1coc(-c2ccccc2)n1. The van der Waals surface area contributed by atoms with Crippen LogP contribution in [-0.4, -0.2) is 15.5 Å². The standard InChI is InChI=1S/C16H15N3O2/c1-19-9-5-8-14(19)15(20)17-10-13-11-21-16(18-13)12-6-3-2-4-7-12/h2-9,11H,10H2,1H3,(H,17,20). The molecule has 2 heterocycles. The van der Waals surface area contributed by atoms with Gasteiger partial charge >= 0.3 is 0 Å². The second-order valence-corrected chi connectivity index (χ2v) is 4.70. The van der Waals surface area contributed by atoms with Crippen LogP contribution in [0.3, 0.4) is 0 Å². The minimum atomic E-state index is -0.133. The monoisotopic (exact) mass is 281 g/mol. The van der Waals surface area contributed by atoms with E-state index in [1.54, 1.807) is 16.9 Å². The van der Waals surface area contributed by atoms with E-state index in [2.05, 4.69) is 10.3 Å². The van der Waals surface area contributed by atoms with Gasteiger partial charge in [0.2, 0.25) is 5.89 Å². The number of oxazole rings is 1. The highest BCUT2D eigenvalue weighted by atomic mass is 16.3. The number of hydrogen-bond acceptors (Lipinski definition) is 3. The Balaban J connectivity index is 1.66. The quantitative estimate of drug-likeness (QED) is 0.799. The fourth-order valence-electron chi connectivity index (χ4n) is 2.06. The molecule has 106 valence electrons. The van der Waals surface area contributed by atoms with Crippen LogP contribution < -0.4 is 5.32 Å². The molecule has 21 heavy (non-hydrogen) atoms. The highest BCUT2D eigenvalue weighted by molar-refractivity contribution is 5.92. The van der Waals surface area contributed by atoms with Crippen LogP contribution in [0.4, 0.5) is 0 Å². The molecule has 0 unspecified atom stereocenters. The summed E-state index contributed by atoms with van der Waals surface area (Å²) in [6.07, 6.45) is 3.39. The summed E-state index contributed by atoms with van der Waals surface area (Å²) < 4.78 is 7.20. The van der Waals surface area contributed by atoms with Crippen molar-refractivity contribution in [2.24, 2.45) is 7.05 Å². The summed E-state index contributed by atoms with van der Waals surface area (Å²) >= 11 is 0. The van der Waals surface area contributed by atoms with E-state index >= 15 is 0 Å². The highest BCUT2D eigenvalue weighted by Crippen LogP contribution is 2.17. The van der Waals surface area contributed by atoms with Gasteiger partial charge in [0.15, 0.2) is 0 Å². The molecule has 0 aliphatic carbocycles. The minimum absolute atomic E-state index is 0.133. The van der Waals surface area contributed by atoms with Crippen LogP contribution in [0.5, 0.6) is 0 Å². The molecular formula is C16H15N3O2. The van der Waals surface area contributed by atoms with Crippen LogP contribution >= 0.6 is 0 Å². The van der Waals surface area contributed by atoms with Gasteiger partial charge in [-0.15, -0.1) is 0 Å². The number of aromatic nitrogens is 2. The lowest BCUT2D eigenvalue weighted by Crippen LogP contribution is -2.24. The van der Waals surface area contributed by atoms with Gasteiger partial charge in [0.25, 0.3) is 5.91 Å². The van der Waals surface area contributed by atoms with Crippen molar-refractivity contribution >= 4 is 5.91 Å². The predicted molar refractivity (Wildman–Crippen MR) is 78.5 cm³/mol. The van der Waals surface area contributed by atoms with Gasteiger partial charge in [0.1, 0.15) is 12.0 Å². The second-order valence-electron chi connectivity index (χ2n) is 4.70. The maximum Gasteiger partial charge on any atom is 0.268 e. The Kier molecular flexibility index (Phi) is 3.55. The lowest BCUT2D eigenvalue weighted by atomic mass is 10.2. The van der Waals surface area contributed by atoms with Gasteiger partial charge in [0.05, 0.1) is 12.2 Å². The van der Waals surface area contributed by atoms with E-state index in [1.807, 2.05) is 49.6 Å². The third kappa shape index (κ3) is 2.86. The number of carbonyl (C=O) groups is 1. The summed E-state index contributed by atoms with van der Waals surface area (Å²) in [7, 11) is 1.83. The third-order valence-corrected chi connectivity index (χ3v) is 3.18. The van der Waals surface area contributed by atoms with Crippen LogP contribution in [0.25, 0.3) is 11.5 Å². The van der Waals surface area contributed by atoms with Gasteiger partial charge in [-0.2, -0.15) is 0 Å². The van der Waals surface area contributed by atoms with Crippen LogP contribution in [-0.2, 0) is 13.6 Å². The summed E-state index contributed by atoms with van der Waals surface area (Å²) in [6, 6.07) is 13.3. The first kappa shape index (κ1) is 13.2. The maximum absolute atomic E-state index is 12.0. The molecule has 5 heteroatoms. The zero-order valence-electron chi connectivity index (χ0n) is 11.6. The second kappa shape index (κ2) is 5.66. The molecule has 0 saturated heterocycles. The summed E-state index contributed by atoms with van der Waals surface area (Å²) in [6.45, 7) is 0.334. The molecule has 1 amide bonds. The fourth-order valence-corrected chi connectivity index (χ4v) is 2.06. The molecule has 0 fully saturated rings. The van der Waals surface area contributed by atoms with Crippen molar-refractivity contribution in [3.63, 3.8) is 0 Å². The summed E-state index contributed by atoms with van der Waals surface area (Å²) in [5.41, 5.74) is 2.22. The minimum Gasteiger partial charge on any atom is -0.444 e. The predicted octanol–water partition coefficient (Wildman–Crippen LogP) is 2.61. The first-order chi connectivity index (χ1) is 10.2. The molecule has 0 spiro atoms. The smallest absolute Gasteiger partial charge is 0.268 e. The van der Waals surface area contributed by atoms with Crippen molar-refractivity contribution in [2.75, 3.05) is 0 Å². The van der Waals surface area contributed by atoms with Crippen LogP contribution in [0.2, 0.25) is 0 Å². The summed E-state index contributed by atoms with van der Waals surface area (Å²) in [5, 5.41) is 2.82. The van der Waals surface area contributed by atoms with Gasteiger partial charge in [-0.05, 0) is 24.3 Å². The highest BCUT2D eigenvalue weighted by Gasteiger charge is 2.10. The Morgan fingerprint density at radius 2 is 2.05 bits per heavy atom. The van der Waals surface area contributed by atoms with E-state index in [4.69, 9.17) is 4.42 Å². The lowest BCUT2D eigenvalue weighted by molar-refractivity contribution is 0.0942.